The highest BCUT2D eigenvalue weighted by atomic mass is 32.2. The van der Waals surface area contributed by atoms with Crippen molar-refractivity contribution in [3.8, 4) is 5.75 Å². The molecule has 0 fully saturated rings. The first-order chi connectivity index (χ1) is 10.3. The van der Waals surface area contributed by atoms with Gasteiger partial charge in [0.1, 0.15) is 11.6 Å². The van der Waals surface area contributed by atoms with Crippen LogP contribution in [0.15, 0.2) is 47.9 Å². The van der Waals surface area contributed by atoms with Crippen LogP contribution in [0.25, 0.3) is 10.9 Å². The van der Waals surface area contributed by atoms with E-state index in [1.54, 1.807) is 25.6 Å². The maximum absolute atomic E-state index is 6.04. The molecule has 3 rings (SSSR count). The fourth-order valence-corrected chi connectivity index (χ4v) is 2.74. The minimum atomic E-state index is 0.527. The van der Waals surface area contributed by atoms with E-state index in [1.807, 2.05) is 24.3 Å². The number of thioether (sulfide) groups is 1. The van der Waals surface area contributed by atoms with Crippen LogP contribution in [0.4, 0.5) is 5.82 Å². The number of hydrogen-bond acceptors (Lipinski definition) is 6. The molecule has 2 aromatic heterocycles. The Morgan fingerprint density at radius 1 is 1.19 bits per heavy atom. The predicted octanol–water partition coefficient (Wildman–Crippen LogP) is 2.91. The average Bonchev–Trinajstić information content (AvgIpc) is 2.53. The molecule has 0 unspecified atom stereocenters. The van der Waals surface area contributed by atoms with Crippen molar-refractivity contribution in [2.24, 2.45) is 0 Å². The lowest BCUT2D eigenvalue weighted by atomic mass is 10.1. The molecule has 5 nitrogen and oxygen atoms in total. The monoisotopic (exact) mass is 298 g/mol. The van der Waals surface area contributed by atoms with E-state index in [0.29, 0.717) is 11.6 Å². The van der Waals surface area contributed by atoms with Crippen molar-refractivity contribution in [3.05, 3.63) is 48.3 Å². The van der Waals surface area contributed by atoms with Gasteiger partial charge in [0.2, 0.25) is 0 Å². The zero-order valence-corrected chi connectivity index (χ0v) is 12.3. The molecular weight excluding hydrogens is 284 g/mol. The molecule has 0 amide bonds. The molecule has 2 heterocycles. The van der Waals surface area contributed by atoms with Gasteiger partial charge in [0.15, 0.2) is 5.16 Å². The first kappa shape index (κ1) is 13.6. The maximum Gasteiger partial charge on any atom is 0.187 e. The van der Waals surface area contributed by atoms with Gasteiger partial charge in [-0.2, -0.15) is 0 Å². The number of pyridine rings is 1. The fourth-order valence-electron chi connectivity index (χ4n) is 1.95. The van der Waals surface area contributed by atoms with Crippen LogP contribution in [0.1, 0.15) is 5.56 Å². The third-order valence-electron chi connectivity index (χ3n) is 3.04. The minimum absolute atomic E-state index is 0.527. The second-order valence-electron chi connectivity index (χ2n) is 4.41. The van der Waals surface area contributed by atoms with E-state index in [9.17, 15) is 0 Å². The standard InChI is InChI=1S/C15H14N4OS/c1-20-12-4-3-10-7-11(14(16)19-13(10)8-12)9-21-15-17-5-2-6-18-15/h2-8H,9H2,1H3,(H2,16,19). The Kier molecular flexibility index (Phi) is 3.87. The number of benzene rings is 1. The van der Waals surface area contributed by atoms with E-state index in [-0.39, 0.29) is 0 Å². The molecule has 6 heteroatoms. The van der Waals surface area contributed by atoms with E-state index in [0.717, 1.165) is 27.4 Å². The third-order valence-corrected chi connectivity index (χ3v) is 3.96. The normalized spacial score (nSPS) is 10.7. The Morgan fingerprint density at radius 3 is 2.76 bits per heavy atom. The summed E-state index contributed by atoms with van der Waals surface area (Å²) >= 11 is 1.54. The highest BCUT2D eigenvalue weighted by molar-refractivity contribution is 7.98. The van der Waals surface area contributed by atoms with Gasteiger partial charge in [-0.15, -0.1) is 0 Å². The number of hydrogen-bond donors (Lipinski definition) is 1. The van der Waals surface area contributed by atoms with Gasteiger partial charge in [-0.3, -0.25) is 0 Å². The molecule has 0 atom stereocenters. The summed E-state index contributed by atoms with van der Waals surface area (Å²) in [6, 6.07) is 9.62. The smallest absolute Gasteiger partial charge is 0.187 e. The first-order valence-corrected chi connectivity index (χ1v) is 7.38. The van der Waals surface area contributed by atoms with Gasteiger partial charge in [0.05, 0.1) is 12.6 Å². The van der Waals surface area contributed by atoms with Crippen LogP contribution in [0.5, 0.6) is 5.75 Å². The maximum atomic E-state index is 6.04. The molecule has 0 aliphatic rings. The molecule has 106 valence electrons. The van der Waals surface area contributed by atoms with Crippen LogP contribution in [-0.2, 0) is 5.75 Å². The van der Waals surface area contributed by atoms with E-state index in [1.165, 1.54) is 11.8 Å². The van der Waals surface area contributed by atoms with Crippen molar-refractivity contribution < 1.29 is 4.74 Å². The molecule has 0 aliphatic carbocycles. The average molecular weight is 298 g/mol. The summed E-state index contributed by atoms with van der Waals surface area (Å²) in [5.74, 6) is 1.98. The van der Waals surface area contributed by atoms with Gasteiger partial charge in [0, 0.05) is 35.2 Å². The highest BCUT2D eigenvalue weighted by Crippen LogP contribution is 2.26. The topological polar surface area (TPSA) is 73.9 Å². The molecule has 0 saturated carbocycles. The summed E-state index contributed by atoms with van der Waals surface area (Å²) in [7, 11) is 1.63. The van der Waals surface area contributed by atoms with Crippen LogP contribution >= 0.6 is 11.8 Å². The molecule has 0 bridgehead atoms. The van der Waals surface area contributed by atoms with Gasteiger partial charge in [-0.25, -0.2) is 15.0 Å². The summed E-state index contributed by atoms with van der Waals surface area (Å²) in [5, 5.41) is 1.77. The van der Waals surface area contributed by atoms with Crippen LogP contribution < -0.4 is 10.5 Å². The lowest BCUT2D eigenvalue weighted by Crippen LogP contribution is -1.98. The van der Waals surface area contributed by atoms with Gasteiger partial charge in [0.25, 0.3) is 0 Å². The Hall–Kier alpha value is -2.34. The van der Waals surface area contributed by atoms with Crippen molar-refractivity contribution in [3.63, 3.8) is 0 Å². The zero-order chi connectivity index (χ0) is 14.7. The van der Waals surface area contributed by atoms with Gasteiger partial charge in [-0.1, -0.05) is 11.8 Å². The Morgan fingerprint density at radius 2 is 2.00 bits per heavy atom. The van der Waals surface area contributed by atoms with Crippen LogP contribution in [0.3, 0.4) is 0 Å². The van der Waals surface area contributed by atoms with E-state index in [4.69, 9.17) is 10.5 Å². The van der Waals surface area contributed by atoms with Crippen molar-refractivity contribution in [2.75, 3.05) is 12.8 Å². The van der Waals surface area contributed by atoms with Crippen LogP contribution in [0, 0.1) is 0 Å². The Labute approximate surface area is 126 Å². The number of methoxy groups -OCH3 is 1. The number of rotatable bonds is 4. The van der Waals surface area contributed by atoms with Crippen molar-refractivity contribution in [1.82, 2.24) is 15.0 Å². The zero-order valence-electron chi connectivity index (χ0n) is 11.5. The van der Waals surface area contributed by atoms with Gasteiger partial charge >= 0.3 is 0 Å². The van der Waals surface area contributed by atoms with Crippen molar-refractivity contribution in [2.45, 2.75) is 10.9 Å². The molecule has 1 aromatic carbocycles. The predicted molar refractivity (Wildman–Crippen MR) is 84.3 cm³/mol. The van der Waals surface area contributed by atoms with Crippen LogP contribution in [0.2, 0.25) is 0 Å². The Balaban J connectivity index is 1.87. The summed E-state index contributed by atoms with van der Waals surface area (Å²) in [5.41, 5.74) is 7.84. The van der Waals surface area contributed by atoms with Crippen LogP contribution in [-0.4, -0.2) is 22.1 Å². The molecule has 3 aromatic rings. The quantitative estimate of drug-likeness (QED) is 0.589. The number of aromatic nitrogens is 3. The Bertz CT molecular complexity index is 764. The van der Waals surface area contributed by atoms with Crippen molar-refractivity contribution >= 4 is 28.5 Å². The number of ether oxygens (including phenoxy) is 1. The van der Waals surface area contributed by atoms with E-state index < -0.39 is 0 Å². The number of fused-ring (bicyclic) bond motifs is 1. The number of nitrogens with zero attached hydrogens (tertiary/aromatic N) is 3. The lowest BCUT2D eigenvalue weighted by Gasteiger charge is -2.07. The molecule has 0 radical (unpaired) electrons. The molecule has 0 saturated heterocycles. The number of nitrogen functional groups attached to an aromatic ring is 1. The number of anilines is 1. The largest absolute Gasteiger partial charge is 0.497 e. The summed E-state index contributed by atoms with van der Waals surface area (Å²) in [6.45, 7) is 0. The first-order valence-electron chi connectivity index (χ1n) is 6.39. The molecule has 0 aliphatic heterocycles. The minimum Gasteiger partial charge on any atom is -0.497 e. The second kappa shape index (κ2) is 5.97. The summed E-state index contributed by atoms with van der Waals surface area (Å²) in [6.07, 6.45) is 3.45. The van der Waals surface area contributed by atoms with E-state index in [2.05, 4.69) is 15.0 Å². The molecule has 21 heavy (non-hydrogen) atoms. The van der Waals surface area contributed by atoms with Gasteiger partial charge in [-0.05, 0) is 24.3 Å². The van der Waals surface area contributed by atoms with E-state index >= 15 is 0 Å². The second-order valence-corrected chi connectivity index (χ2v) is 5.35. The number of nitrogens with two attached hydrogens (primary N) is 1. The molecule has 2 N–H and O–H groups in total. The fraction of sp³-hybridized carbons (Fsp3) is 0.133. The summed E-state index contributed by atoms with van der Waals surface area (Å²) in [4.78, 5) is 12.8. The van der Waals surface area contributed by atoms with Crippen molar-refractivity contribution in [1.29, 1.82) is 0 Å². The summed E-state index contributed by atoms with van der Waals surface area (Å²) < 4.78 is 5.20. The van der Waals surface area contributed by atoms with Gasteiger partial charge < -0.3 is 10.5 Å². The SMILES string of the molecule is COc1ccc2cc(CSc3ncccn3)c(N)nc2c1. The third kappa shape index (κ3) is 3.05. The molecule has 0 spiro atoms. The lowest BCUT2D eigenvalue weighted by molar-refractivity contribution is 0.415. The highest BCUT2D eigenvalue weighted by Gasteiger charge is 2.07. The molecular formula is C15H14N4OS.